The van der Waals surface area contributed by atoms with Gasteiger partial charge in [-0.25, -0.2) is 4.79 Å². The van der Waals surface area contributed by atoms with Crippen molar-refractivity contribution in [3.63, 3.8) is 0 Å². The van der Waals surface area contributed by atoms with Gasteiger partial charge in [-0.3, -0.25) is 43.7 Å². The number of phenolic OH excluding ortho intramolecular Hbond substituents is 3. The highest BCUT2D eigenvalue weighted by Crippen LogP contribution is 2.55. The molecule has 115 heavy (non-hydrogen) atoms. The van der Waals surface area contributed by atoms with Gasteiger partial charge in [-0.1, -0.05) is 57.0 Å². The predicted molar refractivity (Wildman–Crippen MR) is 414 cm³/mol. The minimum Gasteiger partial charge on any atom is -0.508 e. The summed E-state index contributed by atoms with van der Waals surface area (Å²) in [6, 6.07) is 6.38. The summed E-state index contributed by atoms with van der Waals surface area (Å²) in [5.74, 6) is -12.6. The Kier molecular flexibility index (Phi) is 24.8. The van der Waals surface area contributed by atoms with Gasteiger partial charge in [0.1, 0.15) is 102 Å². The molecular weight excluding hydrogens is 1510 g/mol. The molecule has 0 radical (unpaired) electrons. The van der Waals surface area contributed by atoms with E-state index in [0.29, 0.717) is 18.4 Å². The molecule has 14 atom stereocenters. The number of likely N-dealkylation sites (N-methyl/N-ethyl adjacent to an activating group) is 1. The van der Waals surface area contributed by atoms with Gasteiger partial charge in [0.2, 0.25) is 59.3 Å². The van der Waals surface area contributed by atoms with E-state index in [1.54, 1.807) is 24.3 Å². The third-order valence-electron chi connectivity index (χ3n) is 22.5. The molecule has 5 fully saturated rings. The first-order valence-electron chi connectivity index (χ1n) is 38.4. The second-order valence-corrected chi connectivity index (χ2v) is 31.5. The number of aliphatic hydroxyl groups is 5. The lowest BCUT2D eigenvalue weighted by atomic mass is 9.54. The number of aliphatic hydroxyl groups excluding tert-OH is 5. The summed E-state index contributed by atoms with van der Waals surface area (Å²) in [7, 11) is 1.50. The smallest absolute Gasteiger partial charge is 0.325 e. The number of urea groups is 1. The van der Waals surface area contributed by atoms with Crippen LogP contribution in [-0.2, 0) is 43.1 Å². The highest BCUT2D eigenvalue weighted by Gasteiger charge is 2.51. The highest BCUT2D eigenvalue weighted by molar-refractivity contribution is 6.32. The molecule has 4 aliphatic carbocycles. The molecule has 1 saturated heterocycles. The quantitative estimate of drug-likeness (QED) is 0.0562. The summed E-state index contributed by atoms with van der Waals surface area (Å²) in [5.41, 5.74) is 5.25. The Morgan fingerprint density at radius 3 is 1.93 bits per heavy atom. The number of hydrogen-bond donors (Lipinski definition) is 20. The first kappa shape index (κ1) is 82.1. The normalized spacial score (nSPS) is 27.9. The Morgan fingerprint density at radius 2 is 1.28 bits per heavy atom. The molecule has 0 unspecified atom stereocenters. The zero-order chi connectivity index (χ0) is 82.1. The lowest BCUT2D eigenvalue weighted by Gasteiger charge is -2.54. The fourth-order valence-corrected chi connectivity index (χ4v) is 17.0. The second-order valence-electron chi connectivity index (χ2n) is 31.1. The van der Waals surface area contributed by atoms with Crippen LogP contribution in [0.1, 0.15) is 142 Å². The zero-order valence-electron chi connectivity index (χ0n) is 63.5. The van der Waals surface area contributed by atoms with E-state index in [4.69, 9.17) is 36.3 Å². The zero-order valence-corrected chi connectivity index (χ0v) is 64.2. The number of aryl methyl sites for hydroxylation is 1. The first-order chi connectivity index (χ1) is 54.9. The van der Waals surface area contributed by atoms with Crippen LogP contribution in [0.2, 0.25) is 5.02 Å². The maximum atomic E-state index is 16.4. The van der Waals surface area contributed by atoms with Crippen molar-refractivity contribution in [1.82, 2.24) is 47.9 Å². The SMILES string of the molecule is CCCCNc1ccc(NC(=O)NC(=O)C[C@@H]2NC(=O)[C@H](NC(=O)[C@@H](CC(C)C)NC)[C@H](O)c3ccc(c(C)c3)Oc3cc4cc(c3O[C@@H]3O[C@H](CN)[C@@H](O)[C@H](O)[C@H]3O)Oc3ccc(cc3Cl)[C@@H](O)[C@@H]3NC(=O)[C@H](NC(=O)[C@@H]4NC2=O)c2ccc(O)c(c2)-c2c(O)cc(O)cc2[C@@H](C(=O)NC2C4CC5CC(C4)CC2C5)NC3=O)cc1. The van der Waals surface area contributed by atoms with Crippen molar-refractivity contribution >= 4 is 76.3 Å². The number of phenols is 3. The van der Waals surface area contributed by atoms with Gasteiger partial charge in [0.15, 0.2) is 11.5 Å². The second kappa shape index (κ2) is 34.7. The van der Waals surface area contributed by atoms with E-state index in [9.17, 15) is 55.2 Å². The number of ether oxygens (including phenoxy) is 4. The lowest BCUT2D eigenvalue weighted by molar-refractivity contribution is -0.270. The number of aromatic hydroxyl groups is 3. The minimum atomic E-state index is -2.33. The first-order valence-corrected chi connectivity index (χ1v) is 38.8. The minimum absolute atomic E-state index is 0.0354. The number of rotatable bonds is 17. The van der Waals surface area contributed by atoms with Gasteiger partial charge in [-0.15, -0.1) is 0 Å². The number of carbonyl (C=O) groups is 9. The molecule has 10 aliphatic rings. The molecule has 15 bridgehead atoms. The predicted octanol–water partition coefficient (Wildman–Crippen LogP) is 4.42. The third-order valence-corrected chi connectivity index (χ3v) is 22.8. The van der Waals surface area contributed by atoms with Crippen LogP contribution in [-0.4, -0.2) is 175 Å². The van der Waals surface area contributed by atoms with Crippen LogP contribution in [0.3, 0.4) is 0 Å². The number of anilines is 2. The van der Waals surface area contributed by atoms with E-state index >= 15 is 28.8 Å². The van der Waals surface area contributed by atoms with Crippen LogP contribution in [0.15, 0.2) is 103 Å². The van der Waals surface area contributed by atoms with Crippen molar-refractivity contribution in [1.29, 1.82) is 0 Å². The molecule has 612 valence electrons. The fourth-order valence-electron chi connectivity index (χ4n) is 16.8. The van der Waals surface area contributed by atoms with E-state index in [2.05, 4.69) is 58.5 Å². The number of hydrogen-bond acceptors (Lipinski definition) is 24. The summed E-state index contributed by atoms with van der Waals surface area (Å²) < 4.78 is 25.9. The van der Waals surface area contributed by atoms with Gasteiger partial charge in [0, 0.05) is 47.7 Å². The number of fused-ring (bicyclic) bond motifs is 15. The van der Waals surface area contributed by atoms with Crippen LogP contribution in [0, 0.1) is 36.5 Å². The molecule has 0 aromatic heterocycles. The van der Waals surface area contributed by atoms with Crippen LogP contribution < -0.4 is 78.4 Å². The van der Waals surface area contributed by atoms with E-state index < -0.39 is 192 Å². The van der Waals surface area contributed by atoms with Crippen molar-refractivity contribution in [3.8, 4) is 57.1 Å². The number of carbonyl (C=O) groups excluding carboxylic acids is 9. The molecule has 6 aromatic rings. The van der Waals surface area contributed by atoms with E-state index in [1.165, 1.54) is 50.4 Å². The number of nitrogens with two attached hydrogens (primary N) is 1. The number of benzene rings is 6. The van der Waals surface area contributed by atoms with Gasteiger partial charge in [0.25, 0.3) is 0 Å². The van der Waals surface area contributed by atoms with Crippen LogP contribution in [0.5, 0.6) is 46.0 Å². The van der Waals surface area contributed by atoms with Crippen LogP contribution in [0.25, 0.3) is 11.1 Å². The number of amides is 10. The van der Waals surface area contributed by atoms with E-state index in [0.717, 1.165) is 93.1 Å². The standard InChI is InChI=1S/C81H95ClN12O21/c1-6-7-18-85-44-11-13-45(14-12-44)86-81(111)88-59(98)32-51-74(105)90-63-43-28-56(112-54-16-9-39(20-35(54)4)67(99)65(78(109)87-51)93-73(104)50(84-5)19-34(2)3)72(115-80-71(103)70(102)69(101)58(33-83)114-80)57(29-43)113-55-17-10-40(27-49(55)82)68(100)66-79(110)92-64(77(108)89-61-41-22-36-21-37(24-41)25-42(61)23-36)48-30-46(95)31-53(97)60(48)47-26-38(8-15-52(47)96)62(75(106)94-66)91-76(63)107/h8-17,20,26-31,34,36-37,41-42,50-51,58,61-71,80,84-85,95-97,99-103H,6-7,18-19,21-25,32-33,83H2,1-5H3,(H,87,109)(H,89,108)(H,90,105)(H,91,107)(H,92,110)(H,93,104)(H,94,106)(H2,86,88,98,111)/t36?,37?,41?,42?,50-,51+,58-,61?,62-,63-,64+,65-,66+,67-,68-,69-,70+,71-,80+/m1/s1. The van der Waals surface area contributed by atoms with Crippen molar-refractivity contribution in [3.05, 3.63) is 142 Å². The van der Waals surface area contributed by atoms with Crippen LogP contribution >= 0.6 is 11.6 Å². The average Bonchev–Trinajstić information content (AvgIpc) is 0.760. The van der Waals surface area contributed by atoms with E-state index in [-0.39, 0.29) is 91.4 Å². The van der Waals surface area contributed by atoms with Gasteiger partial charge in [-0.2, -0.15) is 0 Å². The van der Waals surface area contributed by atoms with Gasteiger partial charge < -0.3 is 119 Å². The third kappa shape index (κ3) is 17.8. The molecule has 34 heteroatoms. The summed E-state index contributed by atoms with van der Waals surface area (Å²) in [6.07, 6.45) is -8.06. The Balaban J connectivity index is 0.986. The average molecular weight is 1610 g/mol. The molecule has 10 amide bonds. The summed E-state index contributed by atoms with van der Waals surface area (Å²) in [6.45, 7) is 7.46. The molecule has 21 N–H and O–H groups in total. The molecule has 16 rings (SSSR count). The largest absolute Gasteiger partial charge is 0.508 e. The summed E-state index contributed by atoms with van der Waals surface area (Å²) >= 11 is 7.19. The number of unbranched alkanes of at least 4 members (excludes halogenated alkanes) is 1. The Bertz CT molecular complexity index is 4720. The Hall–Kier alpha value is -10.9. The van der Waals surface area contributed by atoms with Gasteiger partial charge >= 0.3 is 6.03 Å². The van der Waals surface area contributed by atoms with Crippen LogP contribution in [0.4, 0.5) is 16.2 Å². The Morgan fingerprint density at radius 1 is 0.643 bits per heavy atom. The van der Waals surface area contributed by atoms with Crippen molar-refractivity contribution in [2.75, 3.05) is 30.8 Å². The van der Waals surface area contributed by atoms with E-state index in [1.807, 2.05) is 20.8 Å². The molecular formula is C81H95ClN12O21. The highest BCUT2D eigenvalue weighted by atomic mass is 35.5. The fraction of sp³-hybridized carbons (Fsp3) is 0.444. The molecule has 6 aliphatic heterocycles. The summed E-state index contributed by atoms with van der Waals surface area (Å²) in [5, 5.41) is 124. The van der Waals surface area contributed by atoms with Crippen molar-refractivity contribution in [2.24, 2.45) is 35.3 Å². The van der Waals surface area contributed by atoms with Crippen molar-refractivity contribution < 1.29 is 103 Å². The maximum Gasteiger partial charge on any atom is 0.325 e. The number of halogens is 1. The Labute approximate surface area is 665 Å². The lowest BCUT2D eigenvalue weighted by Crippen LogP contribution is -2.60. The monoisotopic (exact) mass is 1610 g/mol. The molecule has 4 saturated carbocycles. The number of nitrogens with one attached hydrogen (secondary N) is 11. The summed E-state index contributed by atoms with van der Waals surface area (Å²) in [4.78, 5) is 137. The molecule has 6 heterocycles. The maximum absolute atomic E-state index is 16.4. The topological polar surface area (TPSA) is 511 Å². The molecule has 0 spiro atoms. The molecule has 6 aromatic carbocycles. The molecule has 33 nitrogen and oxygen atoms in total. The van der Waals surface area contributed by atoms with Gasteiger partial charge in [0.05, 0.1) is 17.5 Å². The van der Waals surface area contributed by atoms with Crippen molar-refractivity contribution in [2.45, 2.75) is 177 Å². The number of imide groups is 1. The van der Waals surface area contributed by atoms with Gasteiger partial charge in [-0.05, 0) is 201 Å².